The Morgan fingerprint density at radius 3 is 1.17 bits per heavy atom. The van der Waals surface area contributed by atoms with Crippen LogP contribution in [-0.4, -0.2) is 85.8 Å². The van der Waals surface area contributed by atoms with Gasteiger partial charge >= 0.3 is 34.6 Å². The maximum atomic E-state index is 12.0. The molecule has 5 aromatic rings. The van der Waals surface area contributed by atoms with Gasteiger partial charge in [-0.15, -0.1) is 0 Å². The van der Waals surface area contributed by atoms with Crippen molar-refractivity contribution in [3.8, 4) is 0 Å². The molecule has 0 saturated heterocycles. The average Bonchev–Trinajstić information content (AvgIpc) is 3.25. The van der Waals surface area contributed by atoms with Gasteiger partial charge < -0.3 is 34.8 Å². The molecule has 1 atom stereocenters. The first kappa shape index (κ1) is 59.9. The third-order valence-electron chi connectivity index (χ3n) is 10.2. The van der Waals surface area contributed by atoms with E-state index in [1.165, 1.54) is 15.6 Å². The Bertz CT molecular complexity index is 1850. The average molecular weight is 966 g/mol. The van der Waals surface area contributed by atoms with E-state index in [0.717, 1.165) is 29.3 Å². The summed E-state index contributed by atoms with van der Waals surface area (Å²) >= 11 is 0. The van der Waals surface area contributed by atoms with Crippen molar-refractivity contribution in [3.63, 3.8) is 0 Å². The largest absolute Gasteiger partial charge is 0.500 e. The van der Waals surface area contributed by atoms with Crippen molar-refractivity contribution in [1.82, 2.24) is 0 Å². The predicted molar refractivity (Wildman–Crippen MR) is 282 cm³/mol. The molecule has 0 fully saturated rings. The first-order valence-electron chi connectivity index (χ1n) is 20.4. The van der Waals surface area contributed by atoms with Crippen LogP contribution >= 0.6 is 0 Å². The molecule has 63 heavy (non-hydrogen) atoms. The summed E-state index contributed by atoms with van der Waals surface area (Å²) in [4.78, 5) is 0. The Kier molecular flexibility index (Phi) is 27.3. The van der Waals surface area contributed by atoms with Crippen LogP contribution in [0.15, 0.2) is 152 Å². The Labute approximate surface area is 390 Å². The van der Waals surface area contributed by atoms with Gasteiger partial charge in [-0.05, 0) is 73.7 Å². The highest BCUT2D eigenvalue weighted by molar-refractivity contribution is 7.02. The first-order chi connectivity index (χ1) is 28.2. The van der Waals surface area contributed by atoms with Crippen molar-refractivity contribution in [2.24, 2.45) is 0 Å². The number of hydrogen-bond donors (Lipinski definition) is 0. The van der Waals surface area contributed by atoms with Crippen molar-refractivity contribution in [2.45, 2.75) is 93.9 Å². The summed E-state index contributed by atoms with van der Waals surface area (Å²) in [5, 5.41) is 5.57. The van der Waals surface area contributed by atoms with Crippen LogP contribution in [0.4, 0.5) is 0 Å². The van der Waals surface area contributed by atoms with Gasteiger partial charge in [0.2, 0.25) is 16.6 Å². The zero-order valence-electron chi connectivity index (χ0n) is 36.4. The summed E-state index contributed by atoms with van der Waals surface area (Å²) in [7, 11) is -9.75. The van der Waals surface area contributed by atoms with Gasteiger partial charge in [0, 0.05) is 51.0 Å². The molecular formula is C49H80O8Si6. The van der Waals surface area contributed by atoms with Gasteiger partial charge in [-0.25, -0.2) is 0 Å². The van der Waals surface area contributed by atoms with E-state index in [1.54, 1.807) is 21.3 Å². The minimum atomic E-state index is -2.81. The Morgan fingerprint density at radius 1 is 0.444 bits per heavy atom. The minimum absolute atomic E-state index is 0. The molecule has 1 unspecified atom stereocenters. The minimum Gasteiger partial charge on any atom is -0.433 e. The lowest BCUT2D eigenvalue weighted by Crippen LogP contribution is -2.66. The van der Waals surface area contributed by atoms with Gasteiger partial charge in [0.05, 0.1) is 0 Å². The van der Waals surface area contributed by atoms with Crippen LogP contribution in [-0.2, 0) is 34.8 Å². The molecule has 0 amide bonds. The highest BCUT2D eigenvalue weighted by Crippen LogP contribution is 2.28. The van der Waals surface area contributed by atoms with Crippen LogP contribution in [0, 0.1) is 0 Å². The highest BCUT2D eigenvalue weighted by Gasteiger charge is 2.49. The van der Waals surface area contributed by atoms with Crippen LogP contribution in [0.2, 0.25) is 51.4 Å². The van der Waals surface area contributed by atoms with Crippen LogP contribution in [0.25, 0.3) is 0 Å². The maximum absolute atomic E-state index is 12.0. The van der Waals surface area contributed by atoms with Crippen molar-refractivity contribution in [3.05, 3.63) is 152 Å². The molecule has 8 nitrogen and oxygen atoms in total. The lowest BCUT2D eigenvalue weighted by atomic mass is 10.4. The van der Waals surface area contributed by atoms with Crippen molar-refractivity contribution >= 4 is 77.2 Å². The predicted octanol–water partition coefficient (Wildman–Crippen LogP) is 9.75. The lowest BCUT2D eigenvalue weighted by Gasteiger charge is -2.43. The second kappa shape index (κ2) is 28.7. The van der Waals surface area contributed by atoms with E-state index in [1.807, 2.05) is 60.7 Å². The maximum Gasteiger partial charge on any atom is 0.500 e. The van der Waals surface area contributed by atoms with Crippen LogP contribution in [0.3, 0.4) is 0 Å². The molecule has 0 aromatic heterocycles. The van der Waals surface area contributed by atoms with Gasteiger partial charge in [0.1, 0.15) is 0 Å². The molecule has 0 saturated carbocycles. The molecule has 14 heteroatoms. The summed E-state index contributed by atoms with van der Waals surface area (Å²) in [5.74, 6) is 0. The van der Waals surface area contributed by atoms with Gasteiger partial charge in [-0.3, -0.25) is 0 Å². The molecule has 5 aromatic carbocycles. The monoisotopic (exact) mass is 964 g/mol. The SMILES string of the molecule is C.C.C.C.CO[Si](CCCOCCC[Si](C)(O[Si](C)(C)O[Si](C)(C)c1ccccc1)O[Si](C)(c1ccccc1)c1ccccc1)(OC)OC.O=[Si](c1ccccc1)c1ccccc1. The third kappa shape index (κ3) is 18.4. The van der Waals surface area contributed by atoms with E-state index in [9.17, 15) is 4.46 Å². The second-order valence-electron chi connectivity index (χ2n) is 15.7. The fraction of sp³-hybridized carbons (Fsp3) is 0.388. The fourth-order valence-electron chi connectivity index (χ4n) is 7.30. The van der Waals surface area contributed by atoms with Crippen LogP contribution in [0.5, 0.6) is 0 Å². The van der Waals surface area contributed by atoms with Gasteiger partial charge in [-0.2, -0.15) is 0 Å². The summed E-state index contributed by atoms with van der Waals surface area (Å²) in [6.07, 6.45) is 1.64. The number of hydrogen-bond acceptors (Lipinski definition) is 8. The van der Waals surface area contributed by atoms with Crippen LogP contribution in [0.1, 0.15) is 42.5 Å². The van der Waals surface area contributed by atoms with E-state index < -0.39 is 51.2 Å². The summed E-state index contributed by atoms with van der Waals surface area (Å²) < 4.78 is 56.5. The third-order valence-corrected chi connectivity index (χ3v) is 31.7. The smallest absolute Gasteiger partial charge is 0.433 e. The Morgan fingerprint density at radius 2 is 0.794 bits per heavy atom. The quantitative estimate of drug-likeness (QED) is 0.0502. The summed E-state index contributed by atoms with van der Waals surface area (Å²) in [5.41, 5.74) is 0. The van der Waals surface area contributed by atoms with E-state index in [-0.39, 0.29) is 29.7 Å². The van der Waals surface area contributed by atoms with Gasteiger partial charge in [0.15, 0.2) is 0 Å². The molecule has 0 heterocycles. The molecule has 0 N–H and O–H groups in total. The van der Waals surface area contributed by atoms with Crippen molar-refractivity contribution in [2.75, 3.05) is 34.5 Å². The number of benzene rings is 5. The molecular weight excluding hydrogens is 885 g/mol. The molecule has 0 spiro atoms. The summed E-state index contributed by atoms with van der Waals surface area (Å²) in [6, 6.07) is 52.6. The zero-order valence-corrected chi connectivity index (χ0v) is 42.4. The van der Waals surface area contributed by atoms with E-state index in [0.29, 0.717) is 19.3 Å². The summed E-state index contributed by atoms with van der Waals surface area (Å²) in [6.45, 7) is 14.6. The molecule has 348 valence electrons. The fourth-order valence-corrected chi connectivity index (χ4v) is 29.9. The molecule has 0 aliphatic rings. The van der Waals surface area contributed by atoms with Crippen molar-refractivity contribution in [1.29, 1.82) is 0 Å². The number of ether oxygens (including phenoxy) is 1. The highest BCUT2D eigenvalue weighted by atomic mass is 28.5. The van der Waals surface area contributed by atoms with Crippen molar-refractivity contribution < 1.29 is 34.8 Å². The Balaban J connectivity index is 0.00000181. The van der Waals surface area contributed by atoms with E-state index >= 15 is 0 Å². The zero-order chi connectivity index (χ0) is 42.8. The number of rotatable bonds is 22. The molecule has 5 rings (SSSR count). The molecule has 0 bridgehead atoms. The van der Waals surface area contributed by atoms with Gasteiger partial charge in [-0.1, -0.05) is 181 Å². The second-order valence-corrected chi connectivity index (χ2v) is 35.4. The molecule has 0 aliphatic heterocycles. The van der Waals surface area contributed by atoms with Gasteiger partial charge in [0.25, 0.3) is 0 Å². The lowest BCUT2D eigenvalue weighted by molar-refractivity contribution is 0.107. The van der Waals surface area contributed by atoms with E-state index in [2.05, 4.69) is 130 Å². The standard InChI is InChI=1S/C33H54O7Si5.C12H10OSi.4CH4/c1-34-45(35-2,36-3)30-20-28-37-27-19-29-43(8,39-42(6,7)38-41(4,5)31-21-13-10-14-22-31)40-44(9,32-23-15-11-16-24-32)33-25-17-12-18-26-33;13-14(11-7-3-1-4-8-11)12-9-5-2-6-10-12;;;;/h10-18,21-26H,19-20,27-30H2,1-9H3;1-10H;4*1H4. The van der Waals surface area contributed by atoms with Crippen LogP contribution < -0.4 is 25.9 Å². The Hall–Kier alpha value is -3.08. The topological polar surface area (TPSA) is 81.7 Å². The first-order valence-corrected chi connectivity index (χ1v) is 34.4. The normalized spacial score (nSPS) is 12.4. The van der Waals surface area contributed by atoms with E-state index in [4.69, 9.17) is 30.4 Å². The molecule has 0 aliphatic carbocycles. The molecule has 0 radical (unpaired) electrons.